The maximum Gasteiger partial charge on any atom is 0.272 e. The Hall–Kier alpha value is -4.46. The van der Waals surface area contributed by atoms with Crippen LogP contribution in [-0.2, 0) is 0 Å². The number of carbonyl (C=O) groups is 1. The highest BCUT2D eigenvalue weighted by molar-refractivity contribution is 5.95. The van der Waals surface area contributed by atoms with Crippen LogP contribution >= 0.6 is 0 Å². The number of nitrogens with zero attached hydrogens (tertiary/aromatic N) is 4. The van der Waals surface area contributed by atoms with Crippen molar-refractivity contribution < 1.29 is 19.0 Å². The van der Waals surface area contributed by atoms with Gasteiger partial charge in [0.1, 0.15) is 22.9 Å². The molecular formula is C32H36N4O4. The van der Waals surface area contributed by atoms with Gasteiger partial charge in [-0.25, -0.2) is 4.68 Å². The minimum Gasteiger partial charge on any atom is -0.497 e. The van der Waals surface area contributed by atoms with Crippen molar-refractivity contribution in [2.24, 2.45) is 0 Å². The molecular weight excluding hydrogens is 504 g/mol. The molecule has 0 N–H and O–H groups in total. The Morgan fingerprint density at radius 1 is 0.850 bits per heavy atom. The molecule has 1 aliphatic heterocycles. The summed E-state index contributed by atoms with van der Waals surface area (Å²) in [6.07, 6.45) is 0. The smallest absolute Gasteiger partial charge is 0.272 e. The Labute approximate surface area is 235 Å². The van der Waals surface area contributed by atoms with E-state index in [-0.39, 0.29) is 5.91 Å². The molecule has 0 radical (unpaired) electrons. The van der Waals surface area contributed by atoms with Crippen LogP contribution in [0.15, 0.2) is 66.7 Å². The van der Waals surface area contributed by atoms with Gasteiger partial charge < -0.3 is 24.0 Å². The summed E-state index contributed by atoms with van der Waals surface area (Å²) < 4.78 is 18.6. The summed E-state index contributed by atoms with van der Waals surface area (Å²) in [7, 11) is 3.24. The first-order chi connectivity index (χ1) is 19.4. The fourth-order valence-corrected chi connectivity index (χ4v) is 5.21. The van der Waals surface area contributed by atoms with Crippen LogP contribution in [0.5, 0.6) is 17.2 Å². The molecule has 8 nitrogen and oxygen atoms in total. The SMILES string of the molecule is CCOc1ccccc1N1CCN(C(=O)c2cc(-c3ccc(OC)cc3OC)nn2-c2ccc(C)cc2C)CC1. The number of hydrogen-bond donors (Lipinski definition) is 0. The van der Waals surface area contributed by atoms with Gasteiger partial charge in [0.05, 0.1) is 37.9 Å². The topological polar surface area (TPSA) is 69.1 Å². The average Bonchev–Trinajstić information content (AvgIpc) is 3.42. The zero-order valence-electron chi connectivity index (χ0n) is 23.8. The Bertz CT molecular complexity index is 1500. The van der Waals surface area contributed by atoms with Crippen molar-refractivity contribution >= 4 is 11.6 Å². The number of ether oxygens (including phenoxy) is 3. The summed E-state index contributed by atoms with van der Waals surface area (Å²) in [5, 5.41) is 4.94. The molecule has 1 saturated heterocycles. The third-order valence-electron chi connectivity index (χ3n) is 7.27. The van der Waals surface area contributed by atoms with Gasteiger partial charge in [-0.3, -0.25) is 4.79 Å². The van der Waals surface area contributed by atoms with Crippen molar-refractivity contribution in [3.05, 3.63) is 83.6 Å². The van der Waals surface area contributed by atoms with Gasteiger partial charge in [0.25, 0.3) is 5.91 Å². The first-order valence-electron chi connectivity index (χ1n) is 13.6. The van der Waals surface area contributed by atoms with Crippen LogP contribution in [0.2, 0.25) is 0 Å². The van der Waals surface area contributed by atoms with E-state index in [1.165, 1.54) is 0 Å². The van der Waals surface area contributed by atoms with Gasteiger partial charge >= 0.3 is 0 Å². The van der Waals surface area contributed by atoms with Crippen LogP contribution < -0.4 is 19.1 Å². The van der Waals surface area contributed by atoms with E-state index in [1.54, 1.807) is 18.9 Å². The number of piperazine rings is 1. The first-order valence-corrected chi connectivity index (χ1v) is 13.6. The molecule has 2 heterocycles. The molecule has 0 saturated carbocycles. The predicted octanol–water partition coefficient (Wildman–Crippen LogP) is 5.53. The number of aromatic nitrogens is 2. The first kappa shape index (κ1) is 27.1. The van der Waals surface area contributed by atoms with Gasteiger partial charge in [0.2, 0.25) is 0 Å². The minimum absolute atomic E-state index is 0.0519. The number of para-hydroxylation sites is 2. The number of methoxy groups -OCH3 is 2. The van der Waals surface area contributed by atoms with Gasteiger partial charge in [0.15, 0.2) is 0 Å². The van der Waals surface area contributed by atoms with E-state index >= 15 is 0 Å². The normalized spacial score (nSPS) is 13.3. The molecule has 0 bridgehead atoms. The van der Waals surface area contributed by atoms with E-state index in [9.17, 15) is 4.79 Å². The molecule has 1 aliphatic rings. The molecule has 0 aliphatic carbocycles. The molecule has 4 aromatic rings. The molecule has 1 fully saturated rings. The number of hydrogen-bond acceptors (Lipinski definition) is 6. The summed E-state index contributed by atoms with van der Waals surface area (Å²) in [5.74, 6) is 2.14. The Kier molecular flexibility index (Phi) is 7.96. The van der Waals surface area contributed by atoms with E-state index in [4.69, 9.17) is 19.3 Å². The van der Waals surface area contributed by atoms with E-state index in [0.29, 0.717) is 55.7 Å². The van der Waals surface area contributed by atoms with E-state index in [2.05, 4.69) is 24.0 Å². The number of carbonyl (C=O) groups excluding carboxylic acids is 1. The van der Waals surface area contributed by atoms with Crippen LogP contribution in [0.4, 0.5) is 5.69 Å². The van der Waals surface area contributed by atoms with Gasteiger partial charge in [-0.15, -0.1) is 0 Å². The van der Waals surface area contributed by atoms with Crippen LogP contribution in [0, 0.1) is 13.8 Å². The number of anilines is 1. The van der Waals surface area contributed by atoms with Crippen LogP contribution in [0.25, 0.3) is 16.9 Å². The van der Waals surface area contributed by atoms with Crippen LogP contribution in [0.3, 0.4) is 0 Å². The summed E-state index contributed by atoms with van der Waals surface area (Å²) in [4.78, 5) is 18.2. The minimum atomic E-state index is -0.0519. The van der Waals surface area contributed by atoms with Crippen LogP contribution in [-0.4, -0.2) is 67.6 Å². The number of benzene rings is 3. The fraction of sp³-hybridized carbons (Fsp3) is 0.312. The third-order valence-corrected chi connectivity index (χ3v) is 7.27. The second-order valence-electron chi connectivity index (χ2n) is 9.86. The average molecular weight is 541 g/mol. The standard InChI is InChI=1S/C32H36N4O4/c1-6-40-30-10-8-7-9-28(30)34-15-17-35(18-16-34)32(37)29-21-26(25-13-12-24(38-4)20-31(25)39-5)33-36(29)27-14-11-22(2)19-23(27)3/h7-14,19-21H,6,15-18H2,1-5H3. The largest absolute Gasteiger partial charge is 0.497 e. The lowest BCUT2D eigenvalue weighted by atomic mass is 10.1. The second-order valence-corrected chi connectivity index (χ2v) is 9.86. The highest BCUT2D eigenvalue weighted by atomic mass is 16.5. The maximum absolute atomic E-state index is 14.1. The zero-order valence-corrected chi connectivity index (χ0v) is 23.8. The molecule has 3 aromatic carbocycles. The van der Waals surface area contributed by atoms with Gasteiger partial charge in [0, 0.05) is 37.8 Å². The Morgan fingerprint density at radius 3 is 2.33 bits per heavy atom. The van der Waals surface area contributed by atoms with Gasteiger partial charge in [-0.2, -0.15) is 5.10 Å². The molecule has 0 spiro atoms. The fourth-order valence-electron chi connectivity index (χ4n) is 5.21. The lowest BCUT2D eigenvalue weighted by molar-refractivity contribution is 0.0737. The monoisotopic (exact) mass is 540 g/mol. The summed E-state index contributed by atoms with van der Waals surface area (Å²) in [5.41, 5.74) is 6.10. The zero-order chi connectivity index (χ0) is 28.2. The van der Waals surface area contributed by atoms with E-state index < -0.39 is 0 Å². The summed E-state index contributed by atoms with van der Waals surface area (Å²) >= 11 is 0. The van der Waals surface area contributed by atoms with Crippen molar-refractivity contribution in [1.82, 2.24) is 14.7 Å². The van der Waals surface area contributed by atoms with Crippen molar-refractivity contribution in [3.8, 4) is 34.2 Å². The van der Waals surface area contributed by atoms with Gasteiger partial charge in [-0.1, -0.05) is 29.8 Å². The molecule has 0 unspecified atom stereocenters. The molecule has 8 heteroatoms. The quantitative estimate of drug-likeness (QED) is 0.293. The summed E-state index contributed by atoms with van der Waals surface area (Å²) in [6.45, 7) is 9.32. The van der Waals surface area contributed by atoms with Crippen molar-refractivity contribution in [2.75, 3.05) is 51.9 Å². The number of aryl methyl sites for hydroxylation is 2. The van der Waals surface area contributed by atoms with E-state index in [1.807, 2.05) is 73.3 Å². The highest BCUT2D eigenvalue weighted by Crippen LogP contribution is 2.34. The molecule has 1 aromatic heterocycles. The highest BCUT2D eigenvalue weighted by Gasteiger charge is 2.28. The summed E-state index contributed by atoms with van der Waals surface area (Å²) in [6, 6.07) is 21.7. The van der Waals surface area contributed by atoms with Crippen molar-refractivity contribution in [3.63, 3.8) is 0 Å². The molecule has 1 amide bonds. The Morgan fingerprint density at radius 2 is 1.62 bits per heavy atom. The maximum atomic E-state index is 14.1. The molecule has 0 atom stereocenters. The van der Waals surface area contributed by atoms with Crippen molar-refractivity contribution in [2.45, 2.75) is 20.8 Å². The molecule has 5 rings (SSSR count). The number of rotatable bonds is 8. The predicted molar refractivity (Wildman–Crippen MR) is 157 cm³/mol. The van der Waals surface area contributed by atoms with Crippen LogP contribution in [0.1, 0.15) is 28.5 Å². The lowest BCUT2D eigenvalue weighted by Gasteiger charge is -2.36. The van der Waals surface area contributed by atoms with E-state index in [0.717, 1.165) is 33.8 Å². The van der Waals surface area contributed by atoms with Gasteiger partial charge in [-0.05, 0) is 62.7 Å². The van der Waals surface area contributed by atoms with Crippen molar-refractivity contribution in [1.29, 1.82) is 0 Å². The third kappa shape index (κ3) is 5.34. The number of amides is 1. The molecule has 40 heavy (non-hydrogen) atoms. The lowest BCUT2D eigenvalue weighted by Crippen LogP contribution is -2.49. The second kappa shape index (κ2) is 11.7. The Balaban J connectivity index is 1.48. The molecule has 208 valence electrons.